The number of carbonyl (C=O) groups is 1. The molecule has 1 aromatic rings. The molecule has 100 valence electrons. The summed E-state index contributed by atoms with van der Waals surface area (Å²) in [6.07, 6.45) is -0.0125. The van der Waals surface area contributed by atoms with Crippen LogP contribution in [0.25, 0.3) is 0 Å². The van der Waals surface area contributed by atoms with Crippen LogP contribution in [0, 0.1) is 0 Å². The number of halogens is 2. The lowest BCUT2D eigenvalue weighted by molar-refractivity contribution is -0.140. The summed E-state index contributed by atoms with van der Waals surface area (Å²) in [5.74, 6) is -0.467. The first-order valence-corrected chi connectivity index (χ1v) is 7.95. The standard InChI is InChI=1S/C10H11Br2NO4S/c1-17-10(14)4-5-13-18(15,16)9-6-7(11)2-3-8(9)12/h2-3,6,13H,4-5H2,1H3. The number of hydrogen-bond acceptors (Lipinski definition) is 4. The molecule has 0 saturated heterocycles. The average molecular weight is 401 g/mol. The molecule has 0 radical (unpaired) electrons. The minimum atomic E-state index is -3.65. The van der Waals surface area contributed by atoms with Gasteiger partial charge in [0.2, 0.25) is 10.0 Å². The van der Waals surface area contributed by atoms with Crippen LogP contribution in [-0.2, 0) is 19.6 Å². The summed E-state index contributed by atoms with van der Waals surface area (Å²) < 4.78 is 31.8. The molecular weight excluding hydrogens is 390 g/mol. The lowest BCUT2D eigenvalue weighted by Gasteiger charge is -2.08. The third kappa shape index (κ3) is 4.34. The van der Waals surface area contributed by atoms with Gasteiger partial charge in [-0.2, -0.15) is 0 Å². The Bertz CT molecular complexity index is 545. The number of esters is 1. The van der Waals surface area contributed by atoms with Crippen LogP contribution < -0.4 is 4.72 Å². The number of nitrogens with one attached hydrogen (secondary N) is 1. The van der Waals surface area contributed by atoms with Gasteiger partial charge in [0, 0.05) is 15.5 Å². The summed E-state index contributed by atoms with van der Waals surface area (Å²) in [5, 5.41) is 0. The third-order valence-electron chi connectivity index (χ3n) is 2.03. The molecule has 0 saturated carbocycles. The fourth-order valence-corrected chi connectivity index (χ4v) is 3.68. The number of carbonyl (C=O) groups excluding carboxylic acids is 1. The summed E-state index contributed by atoms with van der Waals surface area (Å²) in [6, 6.07) is 4.82. The highest BCUT2D eigenvalue weighted by molar-refractivity contribution is 9.11. The molecule has 18 heavy (non-hydrogen) atoms. The highest BCUT2D eigenvalue weighted by Crippen LogP contribution is 2.25. The highest BCUT2D eigenvalue weighted by atomic mass is 79.9. The minimum absolute atomic E-state index is 0.00599. The van der Waals surface area contributed by atoms with Crippen LogP contribution in [0.3, 0.4) is 0 Å². The van der Waals surface area contributed by atoms with E-state index in [4.69, 9.17) is 0 Å². The fourth-order valence-electron chi connectivity index (χ4n) is 1.15. The van der Waals surface area contributed by atoms with E-state index in [1.807, 2.05) is 0 Å². The smallest absolute Gasteiger partial charge is 0.306 e. The molecule has 0 aliphatic carbocycles. The summed E-state index contributed by atoms with van der Waals surface area (Å²) in [6.45, 7) is -0.00599. The number of sulfonamides is 1. The summed E-state index contributed by atoms with van der Waals surface area (Å²) in [4.78, 5) is 11.0. The fraction of sp³-hybridized carbons (Fsp3) is 0.300. The molecular formula is C10H11Br2NO4S. The minimum Gasteiger partial charge on any atom is -0.469 e. The maximum Gasteiger partial charge on any atom is 0.306 e. The number of hydrogen-bond donors (Lipinski definition) is 1. The maximum absolute atomic E-state index is 12.0. The monoisotopic (exact) mass is 399 g/mol. The molecule has 1 N–H and O–H groups in total. The topological polar surface area (TPSA) is 72.5 Å². The van der Waals surface area contributed by atoms with E-state index in [2.05, 4.69) is 41.3 Å². The molecule has 0 aliphatic rings. The lowest BCUT2D eigenvalue weighted by atomic mass is 10.4. The molecule has 0 unspecified atom stereocenters. The van der Waals surface area contributed by atoms with Crippen molar-refractivity contribution in [3.8, 4) is 0 Å². The number of benzene rings is 1. The van der Waals surface area contributed by atoms with Crippen molar-refractivity contribution in [2.75, 3.05) is 13.7 Å². The maximum atomic E-state index is 12.0. The quantitative estimate of drug-likeness (QED) is 0.767. The van der Waals surface area contributed by atoms with Gasteiger partial charge in [-0.05, 0) is 34.1 Å². The Labute approximate surface area is 122 Å². The number of ether oxygens (including phenoxy) is 1. The SMILES string of the molecule is COC(=O)CCNS(=O)(=O)c1cc(Br)ccc1Br. The Morgan fingerprint density at radius 3 is 2.67 bits per heavy atom. The molecule has 8 heteroatoms. The van der Waals surface area contributed by atoms with E-state index in [1.165, 1.54) is 13.2 Å². The Hall–Kier alpha value is -0.440. The third-order valence-corrected chi connectivity index (χ3v) is 4.98. The van der Waals surface area contributed by atoms with E-state index in [0.717, 1.165) is 0 Å². The van der Waals surface area contributed by atoms with Crippen molar-refractivity contribution in [3.63, 3.8) is 0 Å². The summed E-state index contributed by atoms with van der Waals surface area (Å²) >= 11 is 6.37. The van der Waals surface area contributed by atoms with Crippen LogP contribution in [0.4, 0.5) is 0 Å². The second-order valence-corrected chi connectivity index (χ2v) is 6.80. The van der Waals surface area contributed by atoms with Crippen molar-refractivity contribution < 1.29 is 17.9 Å². The molecule has 0 amide bonds. The molecule has 1 aromatic carbocycles. The van der Waals surface area contributed by atoms with Crippen molar-refractivity contribution in [1.29, 1.82) is 0 Å². The Morgan fingerprint density at radius 1 is 1.39 bits per heavy atom. The summed E-state index contributed by atoms with van der Waals surface area (Å²) in [7, 11) is -2.40. The zero-order valence-electron chi connectivity index (χ0n) is 9.44. The zero-order chi connectivity index (χ0) is 13.8. The Balaban J connectivity index is 2.80. The molecule has 0 fully saturated rings. The highest BCUT2D eigenvalue weighted by Gasteiger charge is 2.18. The molecule has 0 bridgehead atoms. The summed E-state index contributed by atoms with van der Waals surface area (Å²) in [5.41, 5.74) is 0. The van der Waals surface area contributed by atoms with E-state index in [1.54, 1.807) is 12.1 Å². The second kappa shape index (κ2) is 6.65. The van der Waals surface area contributed by atoms with Crippen LogP contribution in [0.5, 0.6) is 0 Å². The van der Waals surface area contributed by atoms with E-state index >= 15 is 0 Å². The van der Waals surface area contributed by atoms with Gasteiger partial charge in [-0.15, -0.1) is 0 Å². The van der Waals surface area contributed by atoms with E-state index in [0.29, 0.717) is 8.95 Å². The van der Waals surface area contributed by atoms with Crippen LogP contribution >= 0.6 is 31.9 Å². The molecule has 0 spiro atoms. The van der Waals surface area contributed by atoms with E-state index in [9.17, 15) is 13.2 Å². The van der Waals surface area contributed by atoms with Gasteiger partial charge < -0.3 is 4.74 Å². The van der Waals surface area contributed by atoms with Gasteiger partial charge in [0.1, 0.15) is 0 Å². The molecule has 5 nitrogen and oxygen atoms in total. The van der Waals surface area contributed by atoms with Crippen LogP contribution in [0.15, 0.2) is 32.0 Å². The van der Waals surface area contributed by atoms with Crippen molar-refractivity contribution in [2.24, 2.45) is 0 Å². The van der Waals surface area contributed by atoms with Gasteiger partial charge in [0.15, 0.2) is 0 Å². The van der Waals surface area contributed by atoms with Gasteiger partial charge >= 0.3 is 5.97 Å². The van der Waals surface area contributed by atoms with Gasteiger partial charge in [-0.25, -0.2) is 13.1 Å². The Kier molecular flexibility index (Phi) is 5.77. The van der Waals surface area contributed by atoms with Gasteiger partial charge in [0.05, 0.1) is 18.4 Å². The van der Waals surface area contributed by atoms with Crippen LogP contribution in [0.2, 0.25) is 0 Å². The molecule has 0 aliphatic heterocycles. The second-order valence-electron chi connectivity index (χ2n) is 3.30. The van der Waals surface area contributed by atoms with Gasteiger partial charge in [0.25, 0.3) is 0 Å². The normalized spacial score (nSPS) is 11.3. The van der Waals surface area contributed by atoms with Crippen LogP contribution in [-0.4, -0.2) is 28.0 Å². The molecule has 0 atom stereocenters. The predicted octanol–water partition coefficient (Wildman–Crippen LogP) is 2.05. The average Bonchev–Trinajstić information content (AvgIpc) is 2.31. The Morgan fingerprint density at radius 2 is 2.06 bits per heavy atom. The van der Waals surface area contributed by atoms with Crippen molar-refractivity contribution in [3.05, 3.63) is 27.1 Å². The first-order valence-electron chi connectivity index (χ1n) is 4.88. The van der Waals surface area contributed by atoms with Gasteiger partial charge in [-0.3, -0.25) is 4.79 Å². The van der Waals surface area contributed by atoms with Gasteiger partial charge in [-0.1, -0.05) is 15.9 Å². The van der Waals surface area contributed by atoms with Crippen molar-refractivity contribution in [2.45, 2.75) is 11.3 Å². The first-order chi connectivity index (χ1) is 8.36. The lowest BCUT2D eigenvalue weighted by Crippen LogP contribution is -2.26. The molecule has 0 aromatic heterocycles. The number of rotatable bonds is 5. The van der Waals surface area contributed by atoms with E-state index in [-0.39, 0.29) is 17.9 Å². The largest absolute Gasteiger partial charge is 0.469 e. The predicted molar refractivity (Wildman–Crippen MR) is 73.7 cm³/mol. The molecule has 0 heterocycles. The first kappa shape index (κ1) is 15.6. The van der Waals surface area contributed by atoms with Crippen LogP contribution in [0.1, 0.15) is 6.42 Å². The molecule has 1 rings (SSSR count). The van der Waals surface area contributed by atoms with E-state index < -0.39 is 16.0 Å². The van der Waals surface area contributed by atoms with Crippen molar-refractivity contribution in [1.82, 2.24) is 4.72 Å². The van der Waals surface area contributed by atoms with Crippen molar-refractivity contribution >= 4 is 47.9 Å². The number of methoxy groups -OCH3 is 1. The zero-order valence-corrected chi connectivity index (χ0v) is 13.4.